The van der Waals surface area contributed by atoms with Crippen LogP contribution >= 0.6 is 11.3 Å². The summed E-state index contributed by atoms with van der Waals surface area (Å²) in [6.07, 6.45) is 2.57. The summed E-state index contributed by atoms with van der Waals surface area (Å²) in [5, 5.41) is 10.6. The molecule has 0 aromatic carbocycles. The highest BCUT2D eigenvalue weighted by molar-refractivity contribution is 7.10. The summed E-state index contributed by atoms with van der Waals surface area (Å²) in [5.74, 6) is 0.731. The summed E-state index contributed by atoms with van der Waals surface area (Å²) in [5.41, 5.74) is 0.896. The Balaban J connectivity index is 2.40. The Labute approximate surface area is 63.9 Å². The van der Waals surface area contributed by atoms with Gasteiger partial charge in [-0.15, -0.1) is 11.3 Å². The molecule has 0 saturated heterocycles. The summed E-state index contributed by atoms with van der Waals surface area (Å²) in [6, 6.07) is 4.12. The molecule has 1 saturated carbocycles. The Hall–Kier alpha value is -0.810. The molecule has 1 aliphatic carbocycles. The second-order valence-electron chi connectivity index (χ2n) is 2.58. The number of rotatable bonds is 1. The van der Waals surface area contributed by atoms with E-state index in [9.17, 15) is 0 Å². The van der Waals surface area contributed by atoms with Crippen molar-refractivity contribution in [1.82, 2.24) is 0 Å². The largest absolute Gasteiger partial charge is 0.192 e. The molecule has 0 atom stereocenters. The van der Waals surface area contributed by atoms with E-state index >= 15 is 0 Å². The minimum atomic E-state index is 0.731. The first-order chi connectivity index (χ1) is 4.92. The molecule has 2 rings (SSSR count). The molecule has 0 spiro atoms. The molecule has 0 radical (unpaired) electrons. The molecule has 2 heteroatoms. The monoisotopic (exact) mass is 149 g/mol. The molecule has 1 aliphatic rings. The zero-order valence-corrected chi connectivity index (χ0v) is 6.32. The minimum Gasteiger partial charge on any atom is -0.192 e. The lowest BCUT2D eigenvalue weighted by Crippen LogP contribution is -1.75. The third-order valence-electron chi connectivity index (χ3n) is 1.76. The molecule has 1 aromatic heterocycles. The molecule has 0 unspecified atom stereocenters. The van der Waals surface area contributed by atoms with Crippen LogP contribution in [-0.2, 0) is 0 Å². The molecule has 0 bridgehead atoms. The molecule has 50 valence electrons. The molecular formula is C8H7NS. The van der Waals surface area contributed by atoms with Crippen LogP contribution in [0.3, 0.4) is 0 Å². The SMILES string of the molecule is N#Cc1ccsc1C1CC1. The van der Waals surface area contributed by atoms with Gasteiger partial charge in [-0.05, 0) is 30.2 Å². The molecule has 0 amide bonds. The number of hydrogen-bond donors (Lipinski definition) is 0. The first kappa shape index (κ1) is 5.94. The molecule has 1 nitrogen and oxygen atoms in total. The standard InChI is InChI=1S/C8H7NS/c9-5-7-3-4-10-8(7)6-1-2-6/h3-4,6H,1-2H2. The highest BCUT2D eigenvalue weighted by atomic mass is 32.1. The maximum atomic E-state index is 8.64. The predicted molar refractivity (Wildman–Crippen MR) is 41.0 cm³/mol. The second kappa shape index (κ2) is 2.10. The van der Waals surface area contributed by atoms with Gasteiger partial charge in [0.1, 0.15) is 6.07 Å². The lowest BCUT2D eigenvalue weighted by atomic mass is 10.2. The first-order valence-electron chi connectivity index (χ1n) is 3.39. The molecular weight excluding hydrogens is 142 g/mol. The van der Waals surface area contributed by atoms with Gasteiger partial charge in [0.05, 0.1) is 5.56 Å². The Bertz CT molecular complexity index is 278. The topological polar surface area (TPSA) is 23.8 Å². The van der Waals surface area contributed by atoms with Gasteiger partial charge in [-0.1, -0.05) is 0 Å². The third-order valence-corrected chi connectivity index (χ3v) is 2.84. The van der Waals surface area contributed by atoms with E-state index in [-0.39, 0.29) is 0 Å². The summed E-state index contributed by atoms with van der Waals surface area (Å²) in [6.45, 7) is 0. The normalized spacial score (nSPS) is 16.7. The summed E-state index contributed by atoms with van der Waals surface area (Å²) >= 11 is 1.72. The second-order valence-corrected chi connectivity index (χ2v) is 3.53. The van der Waals surface area contributed by atoms with E-state index in [2.05, 4.69) is 6.07 Å². The van der Waals surface area contributed by atoms with E-state index in [1.807, 2.05) is 11.4 Å². The Morgan fingerprint density at radius 2 is 2.40 bits per heavy atom. The van der Waals surface area contributed by atoms with E-state index in [0.717, 1.165) is 11.5 Å². The minimum absolute atomic E-state index is 0.731. The maximum Gasteiger partial charge on any atom is 0.100 e. The quantitative estimate of drug-likeness (QED) is 0.601. The van der Waals surface area contributed by atoms with Crippen molar-refractivity contribution in [3.63, 3.8) is 0 Å². The van der Waals surface area contributed by atoms with E-state index in [1.165, 1.54) is 17.7 Å². The van der Waals surface area contributed by atoms with Crippen molar-refractivity contribution in [1.29, 1.82) is 5.26 Å². The van der Waals surface area contributed by atoms with Crippen LogP contribution in [0.15, 0.2) is 11.4 Å². The third kappa shape index (κ3) is 0.833. The summed E-state index contributed by atoms with van der Waals surface area (Å²) < 4.78 is 0. The molecule has 10 heavy (non-hydrogen) atoms. The maximum absolute atomic E-state index is 8.64. The van der Waals surface area contributed by atoms with Crippen molar-refractivity contribution in [3.05, 3.63) is 21.9 Å². The van der Waals surface area contributed by atoms with Crippen LogP contribution in [-0.4, -0.2) is 0 Å². The average Bonchev–Trinajstić information content (AvgIpc) is 2.69. The van der Waals surface area contributed by atoms with Crippen molar-refractivity contribution in [3.8, 4) is 6.07 Å². The van der Waals surface area contributed by atoms with Crippen molar-refractivity contribution in [2.24, 2.45) is 0 Å². The van der Waals surface area contributed by atoms with Crippen LogP contribution in [0.1, 0.15) is 29.2 Å². The predicted octanol–water partition coefficient (Wildman–Crippen LogP) is 2.50. The molecule has 1 aromatic rings. The van der Waals surface area contributed by atoms with Crippen LogP contribution in [0, 0.1) is 11.3 Å². The lowest BCUT2D eigenvalue weighted by Gasteiger charge is -1.88. The van der Waals surface area contributed by atoms with Crippen molar-refractivity contribution >= 4 is 11.3 Å². The fourth-order valence-corrected chi connectivity index (χ4v) is 2.09. The molecule has 0 aliphatic heterocycles. The smallest absolute Gasteiger partial charge is 0.100 e. The van der Waals surface area contributed by atoms with Gasteiger partial charge in [0, 0.05) is 4.88 Å². The van der Waals surface area contributed by atoms with Gasteiger partial charge in [0.15, 0.2) is 0 Å². The zero-order valence-electron chi connectivity index (χ0n) is 5.50. The highest BCUT2D eigenvalue weighted by Crippen LogP contribution is 2.43. The fraction of sp³-hybridized carbons (Fsp3) is 0.375. The van der Waals surface area contributed by atoms with Crippen LogP contribution in [0.4, 0.5) is 0 Å². The molecule has 0 N–H and O–H groups in total. The van der Waals surface area contributed by atoms with Crippen molar-refractivity contribution < 1.29 is 0 Å². The number of thiophene rings is 1. The van der Waals surface area contributed by atoms with Gasteiger partial charge >= 0.3 is 0 Å². The first-order valence-corrected chi connectivity index (χ1v) is 4.27. The van der Waals surface area contributed by atoms with Crippen molar-refractivity contribution in [2.45, 2.75) is 18.8 Å². The summed E-state index contributed by atoms with van der Waals surface area (Å²) in [4.78, 5) is 1.31. The number of nitriles is 1. The van der Waals surface area contributed by atoms with Gasteiger partial charge in [-0.2, -0.15) is 5.26 Å². The van der Waals surface area contributed by atoms with Gasteiger partial charge in [0.2, 0.25) is 0 Å². The van der Waals surface area contributed by atoms with E-state index < -0.39 is 0 Å². The van der Waals surface area contributed by atoms with Crippen LogP contribution in [0.5, 0.6) is 0 Å². The van der Waals surface area contributed by atoms with Crippen LogP contribution in [0.2, 0.25) is 0 Å². The summed E-state index contributed by atoms with van der Waals surface area (Å²) in [7, 11) is 0. The molecule has 1 heterocycles. The Morgan fingerprint density at radius 3 is 3.00 bits per heavy atom. The lowest BCUT2D eigenvalue weighted by molar-refractivity contribution is 1.17. The van der Waals surface area contributed by atoms with E-state index in [0.29, 0.717) is 0 Å². The highest BCUT2D eigenvalue weighted by Gasteiger charge is 2.26. The Morgan fingerprint density at radius 1 is 1.60 bits per heavy atom. The molecule has 1 fully saturated rings. The van der Waals surface area contributed by atoms with Gasteiger partial charge in [0.25, 0.3) is 0 Å². The van der Waals surface area contributed by atoms with Crippen LogP contribution < -0.4 is 0 Å². The van der Waals surface area contributed by atoms with E-state index in [1.54, 1.807) is 11.3 Å². The number of hydrogen-bond acceptors (Lipinski definition) is 2. The van der Waals surface area contributed by atoms with Gasteiger partial charge < -0.3 is 0 Å². The van der Waals surface area contributed by atoms with Gasteiger partial charge in [-0.25, -0.2) is 0 Å². The average molecular weight is 149 g/mol. The van der Waals surface area contributed by atoms with Crippen LogP contribution in [0.25, 0.3) is 0 Å². The Kier molecular flexibility index (Phi) is 1.25. The zero-order chi connectivity index (χ0) is 6.97. The fourth-order valence-electron chi connectivity index (χ4n) is 1.08. The number of nitrogens with zero attached hydrogens (tertiary/aromatic N) is 1. The van der Waals surface area contributed by atoms with E-state index in [4.69, 9.17) is 5.26 Å². The van der Waals surface area contributed by atoms with Crippen molar-refractivity contribution in [2.75, 3.05) is 0 Å². The van der Waals surface area contributed by atoms with Gasteiger partial charge in [-0.3, -0.25) is 0 Å².